The van der Waals surface area contributed by atoms with Crippen molar-refractivity contribution < 1.29 is 5.11 Å². The third-order valence-electron chi connectivity index (χ3n) is 3.40. The summed E-state index contributed by atoms with van der Waals surface area (Å²) in [7, 11) is 3.81. The molecule has 6 nitrogen and oxygen atoms in total. The first-order chi connectivity index (χ1) is 9.11. The zero-order valence-electron chi connectivity index (χ0n) is 11.7. The molecule has 106 valence electrons. The fraction of sp³-hybridized carbons (Fsp3) is 0.692. The van der Waals surface area contributed by atoms with Crippen LogP contribution in [0.25, 0.3) is 0 Å². The highest BCUT2D eigenvalue weighted by Gasteiger charge is 2.30. The van der Waals surface area contributed by atoms with Gasteiger partial charge in [0.15, 0.2) is 0 Å². The lowest BCUT2D eigenvalue weighted by Crippen LogP contribution is -2.52. The highest BCUT2D eigenvalue weighted by Crippen LogP contribution is 2.17. The van der Waals surface area contributed by atoms with Crippen LogP contribution in [-0.4, -0.2) is 59.3 Å². The minimum Gasteiger partial charge on any atom is -0.387 e. The van der Waals surface area contributed by atoms with Crippen molar-refractivity contribution in [3.8, 4) is 0 Å². The molecule has 1 aromatic rings. The zero-order chi connectivity index (χ0) is 13.7. The SMILES string of the molecule is CNc1ncc(CN(C)C[C@@]2(O)CCCNC2)cn1. The van der Waals surface area contributed by atoms with E-state index in [2.05, 4.69) is 25.5 Å². The van der Waals surface area contributed by atoms with Gasteiger partial charge in [0.25, 0.3) is 0 Å². The van der Waals surface area contributed by atoms with Crippen LogP contribution in [0.3, 0.4) is 0 Å². The Kier molecular flexibility index (Phi) is 4.68. The van der Waals surface area contributed by atoms with Crippen LogP contribution >= 0.6 is 0 Å². The Labute approximate surface area is 114 Å². The van der Waals surface area contributed by atoms with E-state index < -0.39 is 5.60 Å². The maximum Gasteiger partial charge on any atom is 0.222 e. The number of nitrogens with zero attached hydrogens (tertiary/aromatic N) is 3. The van der Waals surface area contributed by atoms with Crippen LogP contribution in [0, 0.1) is 0 Å². The monoisotopic (exact) mass is 265 g/mol. The van der Waals surface area contributed by atoms with Gasteiger partial charge in [-0.25, -0.2) is 9.97 Å². The number of nitrogens with one attached hydrogen (secondary N) is 2. The Bertz CT molecular complexity index is 389. The smallest absolute Gasteiger partial charge is 0.222 e. The van der Waals surface area contributed by atoms with Crippen LogP contribution in [0.1, 0.15) is 18.4 Å². The third kappa shape index (κ3) is 4.12. The molecule has 0 amide bonds. The summed E-state index contributed by atoms with van der Waals surface area (Å²) in [5.41, 5.74) is 0.438. The van der Waals surface area contributed by atoms with E-state index in [0.717, 1.165) is 31.5 Å². The van der Waals surface area contributed by atoms with Crippen LogP contribution in [0.4, 0.5) is 5.95 Å². The minimum atomic E-state index is -0.612. The molecule has 0 aromatic carbocycles. The number of piperidine rings is 1. The van der Waals surface area contributed by atoms with Crippen molar-refractivity contribution in [2.45, 2.75) is 25.0 Å². The van der Waals surface area contributed by atoms with Crippen molar-refractivity contribution in [1.82, 2.24) is 20.2 Å². The average Bonchev–Trinajstić information content (AvgIpc) is 2.39. The number of β-amino-alcohol motifs (C(OH)–C–C–N with tert-alkyl or cyclic N) is 1. The van der Waals surface area contributed by atoms with Gasteiger partial charge in [-0.2, -0.15) is 0 Å². The van der Waals surface area contributed by atoms with E-state index in [4.69, 9.17) is 0 Å². The largest absolute Gasteiger partial charge is 0.387 e. The second kappa shape index (κ2) is 6.27. The number of hydrogen-bond acceptors (Lipinski definition) is 6. The maximum absolute atomic E-state index is 10.5. The molecule has 0 bridgehead atoms. The Morgan fingerprint density at radius 2 is 2.21 bits per heavy atom. The molecule has 1 saturated heterocycles. The summed E-state index contributed by atoms with van der Waals surface area (Å²) in [6.45, 7) is 3.08. The molecule has 2 rings (SSSR count). The number of anilines is 1. The lowest BCUT2D eigenvalue weighted by Gasteiger charge is -2.35. The Hall–Kier alpha value is -1.24. The van der Waals surface area contributed by atoms with E-state index in [1.54, 1.807) is 7.05 Å². The summed E-state index contributed by atoms with van der Waals surface area (Å²) in [5, 5.41) is 16.6. The molecule has 1 fully saturated rings. The van der Waals surface area contributed by atoms with E-state index in [0.29, 0.717) is 19.0 Å². The van der Waals surface area contributed by atoms with Gasteiger partial charge >= 0.3 is 0 Å². The van der Waals surface area contributed by atoms with Crippen molar-refractivity contribution in [1.29, 1.82) is 0 Å². The topological polar surface area (TPSA) is 73.3 Å². The van der Waals surface area contributed by atoms with E-state index >= 15 is 0 Å². The molecule has 0 saturated carbocycles. The normalized spacial score (nSPS) is 23.6. The molecule has 0 spiro atoms. The van der Waals surface area contributed by atoms with Crippen LogP contribution in [0.2, 0.25) is 0 Å². The molecular weight excluding hydrogens is 242 g/mol. The zero-order valence-corrected chi connectivity index (χ0v) is 11.7. The predicted molar refractivity (Wildman–Crippen MR) is 75.0 cm³/mol. The van der Waals surface area contributed by atoms with Gasteiger partial charge < -0.3 is 15.7 Å². The standard InChI is InChI=1S/C13H23N5O/c1-14-12-16-6-11(7-17-12)8-18(2)10-13(19)4-3-5-15-9-13/h6-7,15,19H,3-5,8-10H2,1-2H3,(H,14,16,17)/t13-/m1/s1. The third-order valence-corrected chi connectivity index (χ3v) is 3.40. The average molecular weight is 265 g/mol. The fourth-order valence-corrected chi connectivity index (χ4v) is 2.52. The van der Waals surface area contributed by atoms with Crippen molar-refractivity contribution in [3.05, 3.63) is 18.0 Å². The van der Waals surface area contributed by atoms with Gasteiger partial charge in [-0.3, -0.25) is 4.90 Å². The van der Waals surface area contributed by atoms with Crippen LogP contribution in [-0.2, 0) is 6.54 Å². The first-order valence-electron chi connectivity index (χ1n) is 6.72. The van der Waals surface area contributed by atoms with Gasteiger partial charge in [0.2, 0.25) is 5.95 Å². The van der Waals surface area contributed by atoms with Crippen molar-refractivity contribution >= 4 is 5.95 Å². The number of rotatable bonds is 5. The second-order valence-corrected chi connectivity index (χ2v) is 5.34. The lowest BCUT2D eigenvalue weighted by molar-refractivity contribution is -0.0112. The van der Waals surface area contributed by atoms with Crippen molar-refractivity contribution in [2.24, 2.45) is 0 Å². The predicted octanol–water partition coefficient (Wildman–Crippen LogP) is 0.0646. The number of likely N-dealkylation sites (N-methyl/N-ethyl adjacent to an activating group) is 1. The highest BCUT2D eigenvalue weighted by atomic mass is 16.3. The number of hydrogen-bond donors (Lipinski definition) is 3. The van der Waals surface area contributed by atoms with Gasteiger partial charge in [-0.15, -0.1) is 0 Å². The van der Waals surface area contributed by atoms with Gasteiger partial charge in [-0.1, -0.05) is 0 Å². The maximum atomic E-state index is 10.5. The molecule has 1 aliphatic rings. The fourth-order valence-electron chi connectivity index (χ4n) is 2.52. The van der Waals surface area contributed by atoms with E-state index in [1.807, 2.05) is 19.4 Å². The van der Waals surface area contributed by atoms with Crippen LogP contribution < -0.4 is 10.6 Å². The first-order valence-corrected chi connectivity index (χ1v) is 6.72. The summed E-state index contributed by atoms with van der Waals surface area (Å²) in [4.78, 5) is 10.5. The summed E-state index contributed by atoms with van der Waals surface area (Å²) in [5.74, 6) is 0.626. The van der Waals surface area contributed by atoms with Gasteiger partial charge in [0, 0.05) is 44.6 Å². The first kappa shape index (κ1) is 14.2. The quantitative estimate of drug-likeness (QED) is 0.699. The van der Waals surface area contributed by atoms with Gasteiger partial charge in [0.1, 0.15) is 0 Å². The number of aliphatic hydroxyl groups is 1. The molecule has 1 aromatic heterocycles. The summed E-state index contributed by atoms with van der Waals surface area (Å²) >= 11 is 0. The molecule has 2 heterocycles. The van der Waals surface area contributed by atoms with E-state index in [1.165, 1.54) is 0 Å². The molecule has 0 radical (unpaired) electrons. The Balaban J connectivity index is 1.87. The summed E-state index contributed by atoms with van der Waals surface area (Å²) < 4.78 is 0. The summed E-state index contributed by atoms with van der Waals surface area (Å²) in [6, 6.07) is 0. The molecule has 0 unspecified atom stereocenters. The number of aromatic nitrogens is 2. The highest BCUT2D eigenvalue weighted by molar-refractivity contribution is 5.23. The molecular formula is C13H23N5O. The van der Waals surface area contributed by atoms with Crippen LogP contribution in [0.15, 0.2) is 12.4 Å². The Morgan fingerprint density at radius 3 is 2.79 bits per heavy atom. The Morgan fingerprint density at radius 1 is 1.47 bits per heavy atom. The second-order valence-electron chi connectivity index (χ2n) is 5.34. The molecule has 6 heteroatoms. The summed E-state index contributed by atoms with van der Waals surface area (Å²) in [6.07, 6.45) is 5.53. The molecule has 1 aliphatic heterocycles. The van der Waals surface area contributed by atoms with Crippen LogP contribution in [0.5, 0.6) is 0 Å². The van der Waals surface area contributed by atoms with Crippen molar-refractivity contribution in [2.75, 3.05) is 39.0 Å². The van der Waals surface area contributed by atoms with E-state index in [-0.39, 0.29) is 0 Å². The van der Waals surface area contributed by atoms with Crippen molar-refractivity contribution in [3.63, 3.8) is 0 Å². The van der Waals surface area contributed by atoms with Gasteiger partial charge in [-0.05, 0) is 26.4 Å². The molecule has 19 heavy (non-hydrogen) atoms. The van der Waals surface area contributed by atoms with Gasteiger partial charge in [0.05, 0.1) is 5.60 Å². The molecule has 0 aliphatic carbocycles. The molecule has 1 atom stereocenters. The minimum absolute atomic E-state index is 0.612. The molecule has 3 N–H and O–H groups in total. The van der Waals surface area contributed by atoms with E-state index in [9.17, 15) is 5.11 Å². The lowest BCUT2D eigenvalue weighted by atomic mass is 9.93.